The van der Waals surface area contributed by atoms with Crippen molar-refractivity contribution in [2.75, 3.05) is 27.4 Å². The van der Waals surface area contributed by atoms with Crippen LogP contribution in [0.15, 0.2) is 0 Å². The first-order valence-electron chi connectivity index (χ1n) is 7.80. The minimum atomic E-state index is 0.0345. The average Bonchev–Trinajstić information content (AvgIpc) is 2.38. The van der Waals surface area contributed by atoms with Gasteiger partial charge in [-0.25, -0.2) is 0 Å². The molecule has 1 unspecified atom stereocenters. The van der Waals surface area contributed by atoms with Crippen LogP contribution in [0, 0.1) is 5.41 Å². The van der Waals surface area contributed by atoms with Crippen molar-refractivity contribution in [3.63, 3.8) is 0 Å². The maximum absolute atomic E-state index is 6.24. The van der Waals surface area contributed by atoms with Crippen molar-refractivity contribution in [1.29, 1.82) is 0 Å². The molecule has 3 nitrogen and oxygen atoms in total. The molecule has 0 aromatic carbocycles. The van der Waals surface area contributed by atoms with Gasteiger partial charge in [0.25, 0.3) is 0 Å². The van der Waals surface area contributed by atoms with E-state index in [0.29, 0.717) is 11.5 Å². The highest BCUT2D eigenvalue weighted by atomic mass is 16.5. The molecule has 1 rings (SSSR count). The van der Waals surface area contributed by atoms with E-state index in [4.69, 9.17) is 9.47 Å². The summed E-state index contributed by atoms with van der Waals surface area (Å²) < 4.78 is 11.4. The number of nitrogens with one attached hydrogen (secondary N) is 1. The van der Waals surface area contributed by atoms with E-state index < -0.39 is 0 Å². The van der Waals surface area contributed by atoms with E-state index in [2.05, 4.69) is 33.1 Å². The Bertz CT molecular complexity index is 243. The molecule has 0 aliphatic heterocycles. The van der Waals surface area contributed by atoms with Gasteiger partial charge in [0.2, 0.25) is 0 Å². The number of ether oxygens (including phenoxy) is 2. The van der Waals surface area contributed by atoms with Crippen LogP contribution in [-0.4, -0.2) is 39.0 Å². The van der Waals surface area contributed by atoms with Crippen molar-refractivity contribution in [3.05, 3.63) is 0 Å². The zero-order valence-electron chi connectivity index (χ0n) is 13.6. The number of likely N-dealkylation sites (N-methyl/N-ethyl adjacent to an activating group) is 1. The largest absolute Gasteiger partial charge is 0.385 e. The number of hydrogen-bond acceptors (Lipinski definition) is 3. The van der Waals surface area contributed by atoms with Gasteiger partial charge in [-0.15, -0.1) is 0 Å². The molecule has 0 bridgehead atoms. The summed E-state index contributed by atoms with van der Waals surface area (Å²) in [5.74, 6) is 0. The first-order valence-corrected chi connectivity index (χ1v) is 7.80. The minimum absolute atomic E-state index is 0.0345. The lowest BCUT2D eigenvalue weighted by Gasteiger charge is -2.47. The summed E-state index contributed by atoms with van der Waals surface area (Å²) in [7, 11) is 3.84. The third-order valence-electron chi connectivity index (χ3n) is 4.71. The van der Waals surface area contributed by atoms with E-state index in [1.807, 2.05) is 0 Å². The second-order valence-electron chi connectivity index (χ2n) is 6.64. The van der Waals surface area contributed by atoms with Gasteiger partial charge in [0.15, 0.2) is 0 Å². The number of rotatable bonds is 8. The third kappa shape index (κ3) is 4.73. The van der Waals surface area contributed by atoms with Crippen LogP contribution in [0.5, 0.6) is 0 Å². The fraction of sp³-hybridized carbons (Fsp3) is 1.00. The summed E-state index contributed by atoms with van der Waals surface area (Å²) >= 11 is 0. The lowest BCUT2D eigenvalue weighted by Crippen LogP contribution is -2.54. The van der Waals surface area contributed by atoms with Gasteiger partial charge in [-0.1, -0.05) is 13.8 Å². The Balaban J connectivity index is 2.68. The predicted molar refractivity (Wildman–Crippen MR) is 80.6 cm³/mol. The lowest BCUT2D eigenvalue weighted by molar-refractivity contribution is -0.107. The van der Waals surface area contributed by atoms with Gasteiger partial charge in [-0.05, 0) is 57.9 Å². The van der Waals surface area contributed by atoms with Crippen LogP contribution < -0.4 is 5.32 Å². The van der Waals surface area contributed by atoms with Gasteiger partial charge >= 0.3 is 0 Å². The maximum Gasteiger partial charge on any atom is 0.0834 e. The first-order chi connectivity index (χ1) is 8.99. The van der Waals surface area contributed by atoms with Crippen molar-refractivity contribution in [3.8, 4) is 0 Å². The number of methoxy groups -OCH3 is 1. The van der Waals surface area contributed by atoms with E-state index in [9.17, 15) is 0 Å². The lowest BCUT2D eigenvalue weighted by atomic mass is 9.68. The Morgan fingerprint density at radius 3 is 2.26 bits per heavy atom. The maximum atomic E-state index is 6.24. The third-order valence-corrected chi connectivity index (χ3v) is 4.71. The molecule has 0 aromatic rings. The molecule has 3 heteroatoms. The van der Waals surface area contributed by atoms with Crippen LogP contribution in [0.2, 0.25) is 0 Å². The summed E-state index contributed by atoms with van der Waals surface area (Å²) in [6, 6.07) is 0.443. The molecule has 1 aliphatic carbocycles. The van der Waals surface area contributed by atoms with Crippen LogP contribution in [0.1, 0.15) is 59.3 Å². The highest BCUT2D eigenvalue weighted by Gasteiger charge is 2.43. The molecule has 0 radical (unpaired) electrons. The van der Waals surface area contributed by atoms with Crippen LogP contribution in [0.25, 0.3) is 0 Å². The molecule has 1 fully saturated rings. The monoisotopic (exact) mass is 271 g/mol. The van der Waals surface area contributed by atoms with Gasteiger partial charge in [0.05, 0.1) is 5.60 Å². The van der Waals surface area contributed by atoms with Gasteiger partial charge in [0, 0.05) is 26.4 Å². The molecule has 0 amide bonds. The molecular formula is C16H33NO2. The molecule has 0 heterocycles. The molecule has 1 N–H and O–H groups in total. The Morgan fingerprint density at radius 2 is 1.79 bits per heavy atom. The fourth-order valence-corrected chi connectivity index (χ4v) is 3.33. The zero-order valence-corrected chi connectivity index (χ0v) is 13.6. The smallest absolute Gasteiger partial charge is 0.0834 e. The summed E-state index contributed by atoms with van der Waals surface area (Å²) in [6.07, 6.45) is 7.09. The van der Waals surface area contributed by atoms with Gasteiger partial charge in [-0.2, -0.15) is 0 Å². The van der Waals surface area contributed by atoms with Crippen molar-refractivity contribution in [2.24, 2.45) is 5.41 Å². The Labute approximate surface area is 119 Å². The highest BCUT2D eigenvalue weighted by Crippen LogP contribution is 2.44. The first kappa shape index (κ1) is 16.9. The van der Waals surface area contributed by atoms with Crippen molar-refractivity contribution < 1.29 is 9.47 Å². The van der Waals surface area contributed by atoms with Gasteiger partial charge in [-0.3, -0.25) is 0 Å². The van der Waals surface area contributed by atoms with E-state index in [1.165, 1.54) is 25.7 Å². The van der Waals surface area contributed by atoms with Crippen LogP contribution in [-0.2, 0) is 9.47 Å². The van der Waals surface area contributed by atoms with Crippen molar-refractivity contribution in [2.45, 2.75) is 70.9 Å². The van der Waals surface area contributed by atoms with Crippen LogP contribution in [0.3, 0.4) is 0 Å². The van der Waals surface area contributed by atoms with E-state index in [-0.39, 0.29) is 5.60 Å². The Kier molecular flexibility index (Phi) is 6.78. The summed E-state index contributed by atoms with van der Waals surface area (Å²) in [6.45, 7) is 8.52. The Hall–Kier alpha value is -0.120. The van der Waals surface area contributed by atoms with E-state index in [1.54, 1.807) is 7.11 Å². The fourth-order valence-electron chi connectivity index (χ4n) is 3.33. The molecule has 1 atom stereocenters. The molecule has 19 heavy (non-hydrogen) atoms. The van der Waals surface area contributed by atoms with Crippen LogP contribution in [0.4, 0.5) is 0 Å². The topological polar surface area (TPSA) is 30.5 Å². The summed E-state index contributed by atoms with van der Waals surface area (Å²) in [5.41, 5.74) is 0.512. The molecule has 0 spiro atoms. The molecule has 1 aliphatic rings. The second kappa shape index (κ2) is 7.61. The molecule has 0 aromatic heterocycles. The molecular weight excluding hydrogens is 238 g/mol. The van der Waals surface area contributed by atoms with Crippen molar-refractivity contribution >= 4 is 0 Å². The summed E-state index contributed by atoms with van der Waals surface area (Å²) in [4.78, 5) is 0. The zero-order chi connectivity index (χ0) is 14.4. The normalized spacial score (nSPS) is 23.2. The van der Waals surface area contributed by atoms with Crippen LogP contribution >= 0.6 is 0 Å². The minimum Gasteiger partial charge on any atom is -0.385 e. The molecule has 0 saturated heterocycles. The average molecular weight is 271 g/mol. The molecule has 114 valence electrons. The molecule has 1 saturated carbocycles. The van der Waals surface area contributed by atoms with Crippen molar-refractivity contribution in [1.82, 2.24) is 5.32 Å². The number of hydrogen-bond donors (Lipinski definition) is 1. The summed E-state index contributed by atoms with van der Waals surface area (Å²) in [5, 5.41) is 3.50. The predicted octanol–water partition coefficient (Wildman–Crippen LogP) is 3.38. The quantitative estimate of drug-likeness (QED) is 0.687. The van der Waals surface area contributed by atoms with Gasteiger partial charge < -0.3 is 14.8 Å². The SMILES string of the molecule is CCOC1(C(CCCOC)NC)CCC(C)(C)CC1. The standard InChI is InChI=1S/C16H33NO2/c1-6-19-16(11-9-15(2,3)10-12-16)14(17-4)8-7-13-18-5/h14,17H,6-13H2,1-5H3. The highest BCUT2D eigenvalue weighted by molar-refractivity contribution is 4.98. The van der Waals surface area contributed by atoms with Gasteiger partial charge in [0.1, 0.15) is 0 Å². The van der Waals surface area contributed by atoms with E-state index >= 15 is 0 Å². The second-order valence-corrected chi connectivity index (χ2v) is 6.64. The Morgan fingerprint density at radius 1 is 1.16 bits per heavy atom. The van der Waals surface area contributed by atoms with E-state index in [0.717, 1.165) is 26.1 Å².